The lowest BCUT2D eigenvalue weighted by Crippen LogP contribution is -2.08. The number of aromatic hydroxyl groups is 1. The van der Waals surface area contributed by atoms with E-state index in [4.69, 9.17) is 4.74 Å². The van der Waals surface area contributed by atoms with E-state index in [1.165, 1.54) is 19.3 Å². The van der Waals surface area contributed by atoms with Crippen molar-refractivity contribution in [1.82, 2.24) is 0 Å². The van der Waals surface area contributed by atoms with E-state index in [-0.39, 0.29) is 5.75 Å². The monoisotopic (exact) mass is 248 g/mol. The Morgan fingerprint density at radius 3 is 2.61 bits per heavy atom. The number of hydrogen-bond donors (Lipinski definition) is 1. The Hall–Kier alpha value is -1.58. The summed E-state index contributed by atoms with van der Waals surface area (Å²) in [4.78, 5) is 0. The summed E-state index contributed by atoms with van der Waals surface area (Å²) in [6.45, 7) is 1.83. The third kappa shape index (κ3) is 3.00. The highest BCUT2D eigenvalue weighted by molar-refractivity contribution is 5.58. The van der Waals surface area contributed by atoms with E-state index in [0.717, 1.165) is 18.4 Å². The zero-order chi connectivity index (χ0) is 13.0. The van der Waals surface area contributed by atoms with Gasteiger partial charge in [0.25, 0.3) is 0 Å². The average Bonchev–Trinajstić information content (AvgIpc) is 2.41. The molecule has 0 spiro atoms. The summed E-state index contributed by atoms with van der Waals surface area (Å²) in [6, 6.07) is 3.81. The summed E-state index contributed by atoms with van der Waals surface area (Å²) in [6.07, 6.45) is 5.97. The van der Waals surface area contributed by atoms with Crippen LogP contribution in [0.25, 0.3) is 0 Å². The smallest absolute Gasteiger partial charge is 0.146 e. The maximum Gasteiger partial charge on any atom is 0.146 e. The zero-order valence-corrected chi connectivity index (χ0v) is 11.0. The van der Waals surface area contributed by atoms with Gasteiger partial charge in [-0.05, 0) is 31.4 Å². The first-order chi connectivity index (χ1) is 8.70. The molecule has 1 fully saturated rings. The lowest BCUT2D eigenvalue weighted by molar-refractivity contribution is 0.411. The van der Waals surface area contributed by atoms with Crippen LogP contribution in [0, 0.1) is 6.92 Å². The van der Waals surface area contributed by atoms with Crippen LogP contribution < -0.4 is 4.74 Å². The van der Waals surface area contributed by atoms with Gasteiger partial charge in [-0.3, -0.25) is 0 Å². The zero-order valence-electron chi connectivity index (χ0n) is 11.0. The molecule has 1 saturated carbocycles. The molecule has 98 valence electrons. The number of azo groups is 1. The number of benzene rings is 1. The molecule has 1 aromatic carbocycles. The first-order valence-corrected chi connectivity index (χ1v) is 6.49. The van der Waals surface area contributed by atoms with Gasteiger partial charge in [-0.2, -0.15) is 10.2 Å². The topological polar surface area (TPSA) is 54.2 Å². The van der Waals surface area contributed by atoms with Crippen LogP contribution in [0.1, 0.15) is 37.7 Å². The number of rotatable bonds is 3. The normalized spacial score (nSPS) is 17.2. The molecular formula is C14H20N2O2. The minimum Gasteiger partial charge on any atom is -0.505 e. The van der Waals surface area contributed by atoms with Crippen molar-refractivity contribution in [3.8, 4) is 11.5 Å². The molecule has 0 aromatic heterocycles. The van der Waals surface area contributed by atoms with Gasteiger partial charge in [0.15, 0.2) is 0 Å². The fourth-order valence-corrected chi connectivity index (χ4v) is 2.26. The summed E-state index contributed by atoms with van der Waals surface area (Å²) < 4.78 is 5.17. The maximum atomic E-state index is 9.94. The molecule has 1 aromatic rings. The molecule has 0 atom stereocenters. The van der Waals surface area contributed by atoms with Crippen molar-refractivity contribution in [3.63, 3.8) is 0 Å². The van der Waals surface area contributed by atoms with Gasteiger partial charge in [0.1, 0.15) is 17.2 Å². The Bertz CT molecular complexity index is 438. The van der Waals surface area contributed by atoms with Crippen molar-refractivity contribution in [2.45, 2.75) is 45.1 Å². The number of hydrogen-bond acceptors (Lipinski definition) is 4. The van der Waals surface area contributed by atoms with E-state index in [9.17, 15) is 5.11 Å². The lowest BCUT2D eigenvalue weighted by Gasteiger charge is -2.16. The summed E-state index contributed by atoms with van der Waals surface area (Å²) >= 11 is 0. The fourth-order valence-electron chi connectivity index (χ4n) is 2.26. The SMILES string of the molecule is COc1cc(C)c(O)c(N=NC2CCCCC2)c1. The van der Waals surface area contributed by atoms with E-state index in [1.807, 2.05) is 6.92 Å². The molecule has 0 aliphatic heterocycles. The van der Waals surface area contributed by atoms with E-state index < -0.39 is 0 Å². The summed E-state index contributed by atoms with van der Waals surface area (Å²) in [7, 11) is 1.61. The van der Waals surface area contributed by atoms with Crippen LogP contribution in [0.3, 0.4) is 0 Å². The number of methoxy groups -OCH3 is 1. The van der Waals surface area contributed by atoms with Gasteiger partial charge in [0, 0.05) is 6.07 Å². The average molecular weight is 248 g/mol. The molecule has 0 saturated heterocycles. The molecular weight excluding hydrogens is 228 g/mol. The van der Waals surface area contributed by atoms with Crippen molar-refractivity contribution in [2.75, 3.05) is 7.11 Å². The Morgan fingerprint density at radius 1 is 1.22 bits per heavy atom. The highest BCUT2D eigenvalue weighted by atomic mass is 16.5. The van der Waals surface area contributed by atoms with Crippen LogP contribution in [0.5, 0.6) is 11.5 Å². The van der Waals surface area contributed by atoms with Gasteiger partial charge < -0.3 is 9.84 Å². The molecule has 0 heterocycles. The first-order valence-electron chi connectivity index (χ1n) is 6.49. The molecule has 0 bridgehead atoms. The molecule has 4 heteroatoms. The van der Waals surface area contributed by atoms with Crippen LogP contribution in [-0.2, 0) is 0 Å². The van der Waals surface area contributed by atoms with Crippen molar-refractivity contribution in [1.29, 1.82) is 0 Å². The predicted octanol–water partition coefficient (Wildman–Crippen LogP) is 4.13. The second-order valence-electron chi connectivity index (χ2n) is 4.82. The Labute approximate surface area is 108 Å². The quantitative estimate of drug-likeness (QED) is 0.818. The maximum absolute atomic E-state index is 9.94. The van der Waals surface area contributed by atoms with Gasteiger partial charge in [0.05, 0.1) is 13.2 Å². The van der Waals surface area contributed by atoms with E-state index >= 15 is 0 Å². The van der Waals surface area contributed by atoms with Gasteiger partial charge in [-0.1, -0.05) is 19.3 Å². The summed E-state index contributed by atoms with van der Waals surface area (Å²) in [5, 5.41) is 18.5. The largest absolute Gasteiger partial charge is 0.505 e. The Morgan fingerprint density at radius 2 is 1.94 bits per heavy atom. The predicted molar refractivity (Wildman–Crippen MR) is 70.8 cm³/mol. The molecule has 4 nitrogen and oxygen atoms in total. The molecule has 18 heavy (non-hydrogen) atoms. The van der Waals surface area contributed by atoms with E-state index in [1.54, 1.807) is 19.2 Å². The molecule has 2 rings (SSSR count). The summed E-state index contributed by atoms with van der Waals surface area (Å²) in [5.74, 6) is 0.887. The van der Waals surface area contributed by atoms with Crippen molar-refractivity contribution in [2.24, 2.45) is 10.2 Å². The lowest BCUT2D eigenvalue weighted by atomic mass is 9.96. The molecule has 1 aliphatic rings. The van der Waals surface area contributed by atoms with Crippen molar-refractivity contribution in [3.05, 3.63) is 17.7 Å². The number of ether oxygens (including phenoxy) is 1. The number of phenols is 1. The molecule has 0 amide bonds. The van der Waals surface area contributed by atoms with E-state index in [2.05, 4.69) is 10.2 Å². The third-order valence-electron chi connectivity index (χ3n) is 3.39. The van der Waals surface area contributed by atoms with Crippen molar-refractivity contribution < 1.29 is 9.84 Å². The van der Waals surface area contributed by atoms with Crippen molar-refractivity contribution >= 4 is 5.69 Å². The third-order valence-corrected chi connectivity index (χ3v) is 3.39. The molecule has 0 unspecified atom stereocenters. The number of aryl methyl sites for hydroxylation is 1. The highest BCUT2D eigenvalue weighted by Crippen LogP contribution is 2.35. The second-order valence-corrected chi connectivity index (χ2v) is 4.82. The van der Waals surface area contributed by atoms with E-state index in [0.29, 0.717) is 17.5 Å². The summed E-state index contributed by atoms with van der Waals surface area (Å²) in [5.41, 5.74) is 1.25. The highest BCUT2D eigenvalue weighted by Gasteiger charge is 2.13. The van der Waals surface area contributed by atoms with Gasteiger partial charge in [0.2, 0.25) is 0 Å². The number of phenolic OH excluding ortho intramolecular Hbond substituents is 1. The second kappa shape index (κ2) is 5.85. The Kier molecular flexibility index (Phi) is 4.18. The van der Waals surface area contributed by atoms with Crippen LogP contribution >= 0.6 is 0 Å². The van der Waals surface area contributed by atoms with Crippen LogP contribution in [0.15, 0.2) is 22.4 Å². The molecule has 1 aliphatic carbocycles. The minimum absolute atomic E-state index is 0.190. The standard InChI is InChI=1S/C14H20N2O2/c1-10-8-12(18-2)9-13(14(10)17)16-15-11-6-4-3-5-7-11/h8-9,11,17H,3-7H2,1-2H3. The minimum atomic E-state index is 0.190. The molecule has 1 N–H and O–H groups in total. The Balaban J connectivity index is 2.16. The van der Waals surface area contributed by atoms with Crippen LogP contribution in [-0.4, -0.2) is 18.3 Å². The fraction of sp³-hybridized carbons (Fsp3) is 0.571. The van der Waals surface area contributed by atoms with Crippen LogP contribution in [0.2, 0.25) is 0 Å². The van der Waals surface area contributed by atoms with Gasteiger partial charge in [-0.15, -0.1) is 0 Å². The van der Waals surface area contributed by atoms with Gasteiger partial charge >= 0.3 is 0 Å². The number of nitrogens with zero attached hydrogens (tertiary/aromatic N) is 2. The van der Waals surface area contributed by atoms with Crippen LogP contribution in [0.4, 0.5) is 5.69 Å². The first kappa shape index (κ1) is 12.9. The van der Waals surface area contributed by atoms with Gasteiger partial charge in [-0.25, -0.2) is 0 Å². The molecule has 0 radical (unpaired) electrons.